The number of rotatable bonds is 4. The molecular formula is C24H24N4O2. The highest BCUT2D eigenvalue weighted by atomic mass is 16.2. The van der Waals surface area contributed by atoms with Gasteiger partial charge in [-0.1, -0.05) is 24.3 Å². The molecule has 1 fully saturated rings. The summed E-state index contributed by atoms with van der Waals surface area (Å²) in [5, 5.41) is 7.66. The van der Waals surface area contributed by atoms with Crippen molar-refractivity contribution < 1.29 is 9.59 Å². The van der Waals surface area contributed by atoms with Crippen molar-refractivity contribution in [2.45, 2.75) is 38.5 Å². The molecule has 2 aromatic carbocycles. The maximum atomic E-state index is 13.1. The average Bonchev–Trinajstić information content (AvgIpc) is 3.38. The van der Waals surface area contributed by atoms with E-state index in [-0.39, 0.29) is 11.8 Å². The van der Waals surface area contributed by atoms with Crippen LogP contribution in [-0.4, -0.2) is 28.1 Å². The molecule has 0 atom stereocenters. The number of nitrogens with one attached hydrogen (secondary N) is 1. The van der Waals surface area contributed by atoms with Crippen LogP contribution in [0.4, 0.5) is 11.4 Å². The van der Waals surface area contributed by atoms with Gasteiger partial charge in [0.25, 0.3) is 5.91 Å². The molecule has 6 heteroatoms. The van der Waals surface area contributed by atoms with Gasteiger partial charge in [0.2, 0.25) is 5.91 Å². The third-order valence-corrected chi connectivity index (χ3v) is 5.89. The van der Waals surface area contributed by atoms with Crippen LogP contribution >= 0.6 is 0 Å². The molecule has 3 aromatic rings. The van der Waals surface area contributed by atoms with E-state index in [2.05, 4.69) is 10.4 Å². The number of piperidine rings is 1. The fourth-order valence-corrected chi connectivity index (χ4v) is 4.42. The number of para-hydroxylation sites is 1. The summed E-state index contributed by atoms with van der Waals surface area (Å²) in [6.07, 6.45) is 5.36. The van der Waals surface area contributed by atoms with Gasteiger partial charge in [0, 0.05) is 35.6 Å². The molecule has 5 rings (SSSR count). The zero-order valence-electron chi connectivity index (χ0n) is 16.8. The Morgan fingerprint density at radius 3 is 2.57 bits per heavy atom. The quantitative estimate of drug-likeness (QED) is 0.716. The molecule has 2 aliphatic rings. The Morgan fingerprint density at radius 2 is 1.73 bits per heavy atom. The van der Waals surface area contributed by atoms with Crippen molar-refractivity contribution >= 4 is 23.2 Å². The minimum Gasteiger partial charge on any atom is -0.321 e. The summed E-state index contributed by atoms with van der Waals surface area (Å²) >= 11 is 0. The highest BCUT2D eigenvalue weighted by Gasteiger charge is 2.27. The van der Waals surface area contributed by atoms with E-state index in [1.54, 1.807) is 4.90 Å². The summed E-state index contributed by atoms with van der Waals surface area (Å²) in [7, 11) is 0. The number of anilines is 2. The standard InChI is InChI=1S/C24H24N4O2/c29-22-14-4-5-15-27(22)19-11-6-8-17(16-19)25-24(30)23-20-12-7-13-21(20)28(26-23)18-9-2-1-3-10-18/h1-3,6,8-11,16H,4-5,7,12-15H2,(H,25,30). The van der Waals surface area contributed by atoms with Crippen molar-refractivity contribution in [2.75, 3.05) is 16.8 Å². The van der Waals surface area contributed by atoms with Crippen LogP contribution in [-0.2, 0) is 17.6 Å². The summed E-state index contributed by atoms with van der Waals surface area (Å²) in [5.41, 5.74) is 5.14. The van der Waals surface area contributed by atoms with Crippen molar-refractivity contribution in [3.8, 4) is 5.69 Å². The predicted molar refractivity (Wildman–Crippen MR) is 116 cm³/mol. The van der Waals surface area contributed by atoms with E-state index in [1.165, 1.54) is 0 Å². The Bertz CT molecular complexity index is 1100. The van der Waals surface area contributed by atoms with E-state index in [0.717, 1.165) is 61.3 Å². The van der Waals surface area contributed by atoms with E-state index in [1.807, 2.05) is 59.3 Å². The lowest BCUT2D eigenvalue weighted by atomic mass is 10.1. The number of aromatic nitrogens is 2. The highest BCUT2D eigenvalue weighted by molar-refractivity contribution is 6.04. The molecule has 1 aliphatic heterocycles. The average molecular weight is 400 g/mol. The van der Waals surface area contributed by atoms with Crippen LogP contribution in [0.3, 0.4) is 0 Å². The summed E-state index contributed by atoms with van der Waals surface area (Å²) in [6.45, 7) is 0.727. The molecule has 1 N–H and O–H groups in total. The lowest BCUT2D eigenvalue weighted by Crippen LogP contribution is -2.35. The molecule has 0 radical (unpaired) electrons. The second-order valence-electron chi connectivity index (χ2n) is 7.88. The molecule has 0 spiro atoms. The molecule has 1 aromatic heterocycles. The van der Waals surface area contributed by atoms with Crippen molar-refractivity contribution in [1.29, 1.82) is 0 Å². The first-order valence-corrected chi connectivity index (χ1v) is 10.6. The third-order valence-electron chi connectivity index (χ3n) is 5.89. The van der Waals surface area contributed by atoms with Crippen LogP contribution in [0.5, 0.6) is 0 Å². The first kappa shape index (κ1) is 18.6. The van der Waals surface area contributed by atoms with Crippen molar-refractivity contribution in [2.24, 2.45) is 0 Å². The largest absolute Gasteiger partial charge is 0.321 e. The summed E-state index contributed by atoms with van der Waals surface area (Å²) < 4.78 is 1.90. The van der Waals surface area contributed by atoms with E-state index in [9.17, 15) is 9.59 Å². The molecule has 1 saturated heterocycles. The number of hydrogen-bond donors (Lipinski definition) is 1. The third kappa shape index (κ3) is 3.38. The van der Waals surface area contributed by atoms with Gasteiger partial charge in [-0.3, -0.25) is 9.59 Å². The van der Waals surface area contributed by atoms with Gasteiger partial charge in [-0.2, -0.15) is 5.10 Å². The van der Waals surface area contributed by atoms with Crippen molar-refractivity contribution in [3.05, 3.63) is 71.5 Å². The second kappa shape index (κ2) is 7.78. The molecule has 0 bridgehead atoms. The number of carbonyl (C=O) groups is 2. The minimum absolute atomic E-state index is 0.143. The molecule has 0 saturated carbocycles. The normalized spacial score (nSPS) is 15.9. The molecule has 2 amide bonds. The molecule has 1 aliphatic carbocycles. The van der Waals surface area contributed by atoms with Crippen LogP contribution in [0.1, 0.15) is 47.4 Å². The maximum absolute atomic E-state index is 13.1. The first-order valence-electron chi connectivity index (χ1n) is 10.6. The van der Waals surface area contributed by atoms with Gasteiger partial charge in [0.1, 0.15) is 0 Å². The number of amides is 2. The molecule has 2 heterocycles. The van der Waals surface area contributed by atoms with Crippen LogP contribution in [0.2, 0.25) is 0 Å². The second-order valence-corrected chi connectivity index (χ2v) is 7.88. The fourth-order valence-electron chi connectivity index (χ4n) is 4.42. The lowest BCUT2D eigenvalue weighted by molar-refractivity contribution is -0.119. The summed E-state index contributed by atoms with van der Waals surface area (Å²) in [6, 6.07) is 17.5. The van der Waals surface area contributed by atoms with Gasteiger partial charge >= 0.3 is 0 Å². The van der Waals surface area contributed by atoms with E-state index in [0.29, 0.717) is 17.8 Å². The van der Waals surface area contributed by atoms with E-state index >= 15 is 0 Å². The van der Waals surface area contributed by atoms with Crippen molar-refractivity contribution in [1.82, 2.24) is 9.78 Å². The Balaban J connectivity index is 1.41. The SMILES string of the molecule is O=C(Nc1cccc(N2CCCCC2=O)c1)c1nn(-c2ccccc2)c2c1CCC2. The molecule has 152 valence electrons. The summed E-state index contributed by atoms with van der Waals surface area (Å²) in [4.78, 5) is 27.2. The Kier molecular flexibility index (Phi) is 4.83. The van der Waals surface area contributed by atoms with E-state index in [4.69, 9.17) is 0 Å². The van der Waals surface area contributed by atoms with Crippen LogP contribution < -0.4 is 10.2 Å². The number of hydrogen-bond acceptors (Lipinski definition) is 3. The first-order chi connectivity index (χ1) is 14.7. The van der Waals surface area contributed by atoms with Crippen LogP contribution in [0, 0.1) is 0 Å². The molecule has 30 heavy (non-hydrogen) atoms. The highest BCUT2D eigenvalue weighted by Crippen LogP contribution is 2.29. The molecule has 6 nitrogen and oxygen atoms in total. The van der Waals surface area contributed by atoms with Gasteiger partial charge in [0.05, 0.1) is 5.69 Å². The number of nitrogens with zero attached hydrogens (tertiary/aromatic N) is 3. The van der Waals surface area contributed by atoms with Gasteiger partial charge in [-0.25, -0.2) is 4.68 Å². The number of carbonyl (C=O) groups excluding carboxylic acids is 2. The number of fused-ring (bicyclic) bond motifs is 1. The maximum Gasteiger partial charge on any atom is 0.276 e. The minimum atomic E-state index is -0.204. The Hall–Kier alpha value is -3.41. The Labute approximate surface area is 175 Å². The fraction of sp³-hybridized carbons (Fsp3) is 0.292. The van der Waals surface area contributed by atoms with Crippen LogP contribution in [0.25, 0.3) is 5.69 Å². The van der Waals surface area contributed by atoms with Crippen LogP contribution in [0.15, 0.2) is 54.6 Å². The zero-order valence-corrected chi connectivity index (χ0v) is 16.8. The Morgan fingerprint density at radius 1 is 0.900 bits per heavy atom. The zero-order chi connectivity index (χ0) is 20.5. The topological polar surface area (TPSA) is 67.2 Å². The van der Waals surface area contributed by atoms with Gasteiger partial charge in [-0.15, -0.1) is 0 Å². The summed E-state index contributed by atoms with van der Waals surface area (Å²) in [5.74, 6) is -0.0610. The van der Waals surface area contributed by atoms with Gasteiger partial charge < -0.3 is 10.2 Å². The predicted octanol–water partition coefficient (Wildman–Crippen LogP) is 4.13. The van der Waals surface area contributed by atoms with E-state index < -0.39 is 0 Å². The molecular weight excluding hydrogens is 376 g/mol. The van der Waals surface area contributed by atoms with Gasteiger partial charge in [0.15, 0.2) is 5.69 Å². The lowest BCUT2D eigenvalue weighted by Gasteiger charge is -2.27. The van der Waals surface area contributed by atoms with Gasteiger partial charge in [-0.05, 0) is 62.4 Å². The smallest absolute Gasteiger partial charge is 0.276 e. The monoisotopic (exact) mass is 400 g/mol. The van der Waals surface area contributed by atoms with Crippen molar-refractivity contribution in [3.63, 3.8) is 0 Å². The molecule has 0 unspecified atom stereocenters. The number of benzene rings is 2.